The minimum atomic E-state index is -1.38. The van der Waals surface area contributed by atoms with E-state index in [4.69, 9.17) is 9.84 Å². The van der Waals surface area contributed by atoms with Gasteiger partial charge in [-0.3, -0.25) is 0 Å². The molecule has 0 atom stereocenters. The van der Waals surface area contributed by atoms with Gasteiger partial charge in [0.2, 0.25) is 11.6 Å². The number of methoxy groups -OCH3 is 1. The molecule has 0 aliphatic heterocycles. The first-order valence-corrected chi connectivity index (χ1v) is 10.4. The van der Waals surface area contributed by atoms with Crippen molar-refractivity contribution in [2.45, 2.75) is 6.61 Å². The maximum Gasteiger partial charge on any atom is 0.343 e. The quantitative estimate of drug-likeness (QED) is 0.199. The van der Waals surface area contributed by atoms with Crippen molar-refractivity contribution in [2.75, 3.05) is 7.11 Å². The third-order valence-electron chi connectivity index (χ3n) is 5.40. The van der Waals surface area contributed by atoms with Crippen LogP contribution in [0.25, 0.3) is 22.3 Å². The normalized spacial score (nSPS) is 10.8. The first-order chi connectivity index (χ1) is 16.8. The molecule has 0 radical (unpaired) electrons. The van der Waals surface area contributed by atoms with Gasteiger partial charge in [0.15, 0.2) is 23.1 Å². The number of carbonyl (C=O) groups excluding carboxylic acids is 1. The molecule has 4 rings (SSSR count). The lowest BCUT2D eigenvalue weighted by atomic mass is 9.97. The van der Waals surface area contributed by atoms with Crippen LogP contribution in [-0.4, -0.2) is 18.2 Å². The number of aliphatic hydroxyl groups is 1. The molecule has 0 bridgehead atoms. The van der Waals surface area contributed by atoms with Crippen molar-refractivity contribution in [1.82, 2.24) is 0 Å². The summed E-state index contributed by atoms with van der Waals surface area (Å²) in [4.78, 5) is 12.4. The van der Waals surface area contributed by atoms with Crippen LogP contribution in [0, 0.1) is 23.3 Å². The lowest BCUT2D eigenvalue weighted by Gasteiger charge is -2.11. The molecule has 0 aliphatic carbocycles. The van der Waals surface area contributed by atoms with Crippen molar-refractivity contribution >= 4 is 5.97 Å². The summed E-state index contributed by atoms with van der Waals surface area (Å²) in [7, 11) is 1.17. The maximum absolute atomic E-state index is 14.9. The van der Waals surface area contributed by atoms with Gasteiger partial charge in [-0.2, -0.15) is 8.78 Å². The number of halogens is 4. The molecule has 1 N–H and O–H groups in total. The van der Waals surface area contributed by atoms with Gasteiger partial charge in [-0.15, -0.1) is 0 Å². The van der Waals surface area contributed by atoms with Gasteiger partial charge in [-0.25, -0.2) is 13.6 Å². The fourth-order valence-corrected chi connectivity index (χ4v) is 3.48. The predicted octanol–water partition coefficient (Wildman–Crippen LogP) is 6.30. The minimum Gasteiger partial charge on any atom is -0.494 e. The first-order valence-electron chi connectivity index (χ1n) is 10.4. The lowest BCUT2D eigenvalue weighted by Crippen LogP contribution is -2.10. The van der Waals surface area contributed by atoms with E-state index in [9.17, 15) is 22.4 Å². The number of esters is 1. The van der Waals surface area contributed by atoms with E-state index in [1.54, 1.807) is 24.3 Å². The van der Waals surface area contributed by atoms with E-state index < -0.39 is 35.0 Å². The molecule has 0 spiro atoms. The number of rotatable bonds is 6. The lowest BCUT2D eigenvalue weighted by molar-refractivity contribution is 0.0726. The Morgan fingerprint density at radius 2 is 1.17 bits per heavy atom. The number of carbonyl (C=O) groups is 1. The molecule has 0 amide bonds. The molecule has 0 aliphatic rings. The largest absolute Gasteiger partial charge is 0.494 e. The molecule has 35 heavy (non-hydrogen) atoms. The summed E-state index contributed by atoms with van der Waals surface area (Å²) in [6, 6.07) is 16.8. The molecule has 178 valence electrons. The fraction of sp³-hybridized carbons (Fsp3) is 0.0741. The molecule has 0 saturated carbocycles. The Morgan fingerprint density at radius 1 is 0.686 bits per heavy atom. The predicted molar refractivity (Wildman–Crippen MR) is 121 cm³/mol. The van der Waals surface area contributed by atoms with Crippen LogP contribution in [0.15, 0.2) is 72.8 Å². The van der Waals surface area contributed by atoms with E-state index in [-0.39, 0.29) is 29.0 Å². The van der Waals surface area contributed by atoms with Crippen molar-refractivity contribution in [2.24, 2.45) is 0 Å². The molecule has 0 heterocycles. The Balaban J connectivity index is 1.56. The summed E-state index contributed by atoms with van der Waals surface area (Å²) in [5.41, 5.74) is 1.41. The van der Waals surface area contributed by atoms with Gasteiger partial charge in [0, 0.05) is 11.1 Å². The van der Waals surface area contributed by atoms with Gasteiger partial charge < -0.3 is 14.6 Å². The second-order valence-corrected chi connectivity index (χ2v) is 7.50. The Morgan fingerprint density at radius 3 is 1.69 bits per heavy atom. The second-order valence-electron chi connectivity index (χ2n) is 7.50. The summed E-state index contributed by atoms with van der Waals surface area (Å²) in [6.07, 6.45) is 0. The van der Waals surface area contributed by atoms with E-state index in [1.807, 2.05) is 0 Å². The van der Waals surface area contributed by atoms with Crippen LogP contribution in [0.5, 0.6) is 11.5 Å². The third kappa shape index (κ3) is 4.74. The van der Waals surface area contributed by atoms with Gasteiger partial charge in [0.1, 0.15) is 0 Å². The summed E-state index contributed by atoms with van der Waals surface area (Å²) < 4.78 is 67.2. The standard InChI is InChI=1S/C27H18F4O4/c1-34-21-12-13-22(26(31)25(21)30)35-27(33)18-8-6-17(7-9-18)20-11-10-19(23(28)24(20)29)16-4-2-15(14-32)3-5-16/h2-13,32H,14H2,1H3. The molecule has 0 unspecified atom stereocenters. The monoisotopic (exact) mass is 482 g/mol. The zero-order valence-electron chi connectivity index (χ0n) is 18.3. The molecule has 0 saturated heterocycles. The molecule has 4 aromatic rings. The van der Waals surface area contributed by atoms with Gasteiger partial charge in [-0.1, -0.05) is 48.5 Å². The number of hydrogen-bond acceptors (Lipinski definition) is 4. The van der Waals surface area contributed by atoms with Crippen molar-refractivity contribution in [3.05, 3.63) is 107 Å². The zero-order chi connectivity index (χ0) is 25.1. The maximum atomic E-state index is 14.9. The van der Waals surface area contributed by atoms with E-state index in [0.717, 1.165) is 12.1 Å². The van der Waals surface area contributed by atoms with E-state index in [2.05, 4.69) is 4.74 Å². The van der Waals surface area contributed by atoms with E-state index >= 15 is 0 Å². The Labute approximate surface area is 198 Å². The van der Waals surface area contributed by atoms with Crippen molar-refractivity contribution in [3.63, 3.8) is 0 Å². The highest BCUT2D eigenvalue weighted by Gasteiger charge is 2.20. The van der Waals surface area contributed by atoms with Crippen molar-refractivity contribution in [3.8, 4) is 33.8 Å². The molecule has 0 aromatic heterocycles. The Hall–Kier alpha value is -4.17. The van der Waals surface area contributed by atoms with Crippen LogP contribution in [0.1, 0.15) is 15.9 Å². The highest BCUT2D eigenvalue weighted by Crippen LogP contribution is 2.32. The van der Waals surface area contributed by atoms with Crippen LogP contribution in [0.4, 0.5) is 17.6 Å². The number of hydrogen-bond donors (Lipinski definition) is 1. The summed E-state index contributed by atoms with van der Waals surface area (Å²) in [6.45, 7) is -0.161. The van der Waals surface area contributed by atoms with Gasteiger partial charge in [-0.05, 0) is 41.0 Å². The average molecular weight is 482 g/mol. The SMILES string of the molecule is COc1ccc(OC(=O)c2ccc(-c3ccc(-c4ccc(CO)cc4)c(F)c3F)cc2)c(F)c1F. The molecular weight excluding hydrogens is 464 g/mol. The molecule has 4 aromatic carbocycles. The topological polar surface area (TPSA) is 55.8 Å². The van der Waals surface area contributed by atoms with Gasteiger partial charge >= 0.3 is 5.97 Å². The molecule has 8 heteroatoms. The Bertz CT molecular complexity index is 1380. The number of ether oxygens (including phenoxy) is 2. The van der Waals surface area contributed by atoms with Crippen molar-refractivity contribution in [1.29, 1.82) is 0 Å². The van der Waals surface area contributed by atoms with Gasteiger partial charge in [0.05, 0.1) is 19.3 Å². The summed E-state index contributed by atoms with van der Waals surface area (Å²) in [5.74, 6) is -6.70. The van der Waals surface area contributed by atoms with Crippen LogP contribution < -0.4 is 9.47 Å². The minimum absolute atomic E-state index is 0.00847. The van der Waals surface area contributed by atoms with Crippen molar-refractivity contribution < 1.29 is 36.9 Å². The fourth-order valence-electron chi connectivity index (χ4n) is 3.48. The van der Waals surface area contributed by atoms with Gasteiger partial charge in [0.25, 0.3) is 0 Å². The average Bonchev–Trinajstić information content (AvgIpc) is 2.88. The van der Waals surface area contributed by atoms with Crippen LogP contribution in [0.3, 0.4) is 0 Å². The highest BCUT2D eigenvalue weighted by molar-refractivity contribution is 5.91. The first kappa shape index (κ1) is 24.0. The van der Waals surface area contributed by atoms with Crippen LogP contribution in [0.2, 0.25) is 0 Å². The van der Waals surface area contributed by atoms with Crippen LogP contribution >= 0.6 is 0 Å². The Kier molecular flexibility index (Phi) is 6.84. The number of aliphatic hydroxyl groups excluding tert-OH is 1. The van der Waals surface area contributed by atoms with Crippen LogP contribution in [-0.2, 0) is 6.61 Å². The zero-order valence-corrected chi connectivity index (χ0v) is 18.3. The summed E-state index contributed by atoms with van der Waals surface area (Å²) in [5, 5.41) is 9.13. The molecule has 0 fully saturated rings. The smallest absolute Gasteiger partial charge is 0.343 e. The third-order valence-corrected chi connectivity index (χ3v) is 5.40. The summed E-state index contributed by atoms with van der Waals surface area (Å²) >= 11 is 0. The molecular formula is C27H18F4O4. The second kappa shape index (κ2) is 9.99. The number of benzene rings is 4. The van der Waals surface area contributed by atoms with E-state index in [1.165, 1.54) is 43.5 Å². The highest BCUT2D eigenvalue weighted by atomic mass is 19.2. The van der Waals surface area contributed by atoms with E-state index in [0.29, 0.717) is 16.7 Å². The molecule has 4 nitrogen and oxygen atoms in total.